The molecule has 0 fully saturated rings. The van der Waals surface area contributed by atoms with E-state index in [0.29, 0.717) is 22.8 Å². The Labute approximate surface area is 193 Å². The van der Waals surface area contributed by atoms with Gasteiger partial charge < -0.3 is 14.3 Å². The zero-order valence-corrected chi connectivity index (χ0v) is 19.7. The summed E-state index contributed by atoms with van der Waals surface area (Å²) in [6.07, 6.45) is 0. The van der Waals surface area contributed by atoms with E-state index >= 15 is 0 Å². The van der Waals surface area contributed by atoms with Crippen LogP contribution >= 0.6 is 0 Å². The van der Waals surface area contributed by atoms with Crippen molar-refractivity contribution in [3.8, 4) is 11.1 Å². The largest absolute Gasteiger partial charge is 0.439 e. The van der Waals surface area contributed by atoms with Crippen molar-refractivity contribution in [1.82, 2.24) is 4.57 Å². The van der Waals surface area contributed by atoms with Gasteiger partial charge in [-0.1, -0.05) is 67.9 Å². The maximum absolute atomic E-state index is 13.6. The monoisotopic (exact) mass is 436 g/mol. The molecule has 0 saturated heterocycles. The van der Waals surface area contributed by atoms with Crippen molar-refractivity contribution >= 4 is 33.4 Å². The zero-order valence-electron chi connectivity index (χ0n) is 19.7. The summed E-state index contributed by atoms with van der Waals surface area (Å²) in [5.41, 5.74) is 7.69. The third-order valence-corrected chi connectivity index (χ3v) is 6.43. The standard InChI is InChI=1S/C29H28N2O2/c1-17(2)20-11-13-21(14-12-20)25-26-27(22-8-6-7-9-24(22)31(5)29(26)32)33-28(25)30-23-15-10-18(3)16-19(23)4/h6-17,30H,1-5H3. The van der Waals surface area contributed by atoms with E-state index in [0.717, 1.165) is 33.3 Å². The first kappa shape index (κ1) is 21.1. The van der Waals surface area contributed by atoms with Gasteiger partial charge in [-0.3, -0.25) is 4.79 Å². The van der Waals surface area contributed by atoms with Gasteiger partial charge in [0.05, 0.1) is 16.5 Å². The molecule has 0 saturated carbocycles. The third-order valence-electron chi connectivity index (χ3n) is 6.43. The summed E-state index contributed by atoms with van der Waals surface area (Å²) < 4.78 is 8.15. The summed E-state index contributed by atoms with van der Waals surface area (Å²) in [7, 11) is 1.82. The van der Waals surface area contributed by atoms with E-state index < -0.39 is 0 Å². The number of fused-ring (bicyclic) bond motifs is 3. The topological polar surface area (TPSA) is 47.2 Å². The lowest BCUT2D eigenvalue weighted by Gasteiger charge is -2.11. The van der Waals surface area contributed by atoms with E-state index in [2.05, 4.69) is 75.5 Å². The summed E-state index contributed by atoms with van der Waals surface area (Å²) in [5, 5.41) is 5.01. The normalized spacial score (nSPS) is 11.6. The van der Waals surface area contributed by atoms with Crippen LogP contribution in [0.2, 0.25) is 0 Å². The number of pyridine rings is 1. The third kappa shape index (κ3) is 3.52. The Kier molecular flexibility index (Phi) is 5.09. The summed E-state index contributed by atoms with van der Waals surface area (Å²) in [5.74, 6) is 1.02. The Balaban J connectivity index is 1.83. The molecule has 0 unspecified atom stereocenters. The van der Waals surface area contributed by atoms with Crippen LogP contribution in [0, 0.1) is 13.8 Å². The van der Waals surface area contributed by atoms with Crippen LogP contribution in [-0.4, -0.2) is 4.57 Å². The van der Waals surface area contributed by atoms with Crippen LogP contribution in [0.4, 0.5) is 11.6 Å². The minimum atomic E-state index is -0.0657. The Morgan fingerprint density at radius 3 is 2.36 bits per heavy atom. The summed E-state index contributed by atoms with van der Waals surface area (Å²) in [6.45, 7) is 8.51. The molecule has 0 amide bonds. The van der Waals surface area contributed by atoms with Gasteiger partial charge in [0, 0.05) is 18.1 Å². The van der Waals surface area contributed by atoms with Gasteiger partial charge >= 0.3 is 0 Å². The van der Waals surface area contributed by atoms with E-state index in [9.17, 15) is 4.79 Å². The Bertz CT molecular complexity index is 1550. The Morgan fingerprint density at radius 2 is 1.67 bits per heavy atom. The van der Waals surface area contributed by atoms with Gasteiger partial charge in [-0.05, 0) is 54.7 Å². The van der Waals surface area contributed by atoms with Crippen molar-refractivity contribution in [1.29, 1.82) is 0 Å². The second-order valence-corrected chi connectivity index (χ2v) is 9.11. The number of anilines is 2. The smallest absolute Gasteiger partial charge is 0.262 e. The molecule has 1 N–H and O–H groups in total. The number of nitrogens with zero attached hydrogens (tertiary/aromatic N) is 1. The summed E-state index contributed by atoms with van der Waals surface area (Å²) >= 11 is 0. The van der Waals surface area contributed by atoms with E-state index in [4.69, 9.17) is 4.42 Å². The highest BCUT2D eigenvalue weighted by atomic mass is 16.4. The molecule has 5 aromatic rings. The Hall–Kier alpha value is -3.79. The number of para-hydroxylation sites is 1. The first-order chi connectivity index (χ1) is 15.8. The number of hydrogen-bond acceptors (Lipinski definition) is 3. The number of aryl methyl sites for hydroxylation is 3. The fourth-order valence-electron chi connectivity index (χ4n) is 4.53. The molecule has 0 aliphatic carbocycles. The first-order valence-electron chi connectivity index (χ1n) is 11.3. The van der Waals surface area contributed by atoms with Crippen molar-refractivity contribution < 1.29 is 4.42 Å². The number of nitrogens with one attached hydrogen (secondary N) is 1. The van der Waals surface area contributed by atoms with E-state index in [1.165, 1.54) is 11.1 Å². The predicted molar refractivity (Wildman–Crippen MR) is 138 cm³/mol. The highest BCUT2D eigenvalue weighted by Gasteiger charge is 2.23. The van der Waals surface area contributed by atoms with Crippen LogP contribution in [0.3, 0.4) is 0 Å². The average Bonchev–Trinajstić information content (AvgIpc) is 3.19. The van der Waals surface area contributed by atoms with Gasteiger partial charge in [-0.2, -0.15) is 0 Å². The highest BCUT2D eigenvalue weighted by molar-refractivity contribution is 6.11. The minimum absolute atomic E-state index is 0.0657. The van der Waals surface area contributed by atoms with Gasteiger partial charge in [0.25, 0.3) is 5.56 Å². The van der Waals surface area contributed by atoms with Gasteiger partial charge in [0.1, 0.15) is 0 Å². The fraction of sp³-hybridized carbons (Fsp3) is 0.207. The molecular formula is C29H28N2O2. The molecule has 33 heavy (non-hydrogen) atoms. The Morgan fingerprint density at radius 1 is 0.939 bits per heavy atom. The fourth-order valence-corrected chi connectivity index (χ4v) is 4.53. The van der Waals surface area contributed by atoms with Crippen LogP contribution in [0.5, 0.6) is 0 Å². The molecule has 0 aliphatic rings. The molecule has 2 heterocycles. The average molecular weight is 437 g/mol. The van der Waals surface area contributed by atoms with Crippen LogP contribution < -0.4 is 10.9 Å². The molecule has 3 aromatic carbocycles. The minimum Gasteiger partial charge on any atom is -0.439 e. The molecule has 0 aliphatic heterocycles. The number of hydrogen-bond donors (Lipinski definition) is 1. The number of benzene rings is 3. The van der Waals surface area contributed by atoms with Crippen LogP contribution in [0.1, 0.15) is 36.5 Å². The maximum Gasteiger partial charge on any atom is 0.262 e. The van der Waals surface area contributed by atoms with Gasteiger partial charge in [-0.15, -0.1) is 0 Å². The lowest BCUT2D eigenvalue weighted by atomic mass is 9.98. The van der Waals surface area contributed by atoms with Gasteiger partial charge in [0.2, 0.25) is 5.88 Å². The molecule has 166 valence electrons. The number of furan rings is 1. The molecule has 0 atom stereocenters. The van der Waals surface area contributed by atoms with Crippen molar-refractivity contribution in [3.05, 3.63) is 93.8 Å². The molecule has 4 nitrogen and oxygen atoms in total. The number of rotatable bonds is 4. The summed E-state index contributed by atoms with van der Waals surface area (Å²) in [4.78, 5) is 13.6. The second-order valence-electron chi connectivity index (χ2n) is 9.11. The lowest BCUT2D eigenvalue weighted by molar-refractivity contribution is 0.637. The predicted octanol–water partition coefficient (Wildman–Crippen LogP) is 7.44. The molecule has 0 bridgehead atoms. The van der Waals surface area contributed by atoms with E-state index in [1.807, 2.05) is 31.3 Å². The van der Waals surface area contributed by atoms with Gasteiger partial charge in [-0.25, -0.2) is 0 Å². The summed E-state index contributed by atoms with van der Waals surface area (Å²) in [6, 6.07) is 22.6. The highest BCUT2D eigenvalue weighted by Crippen LogP contribution is 2.41. The van der Waals surface area contributed by atoms with E-state index in [1.54, 1.807) is 4.57 Å². The quantitative estimate of drug-likeness (QED) is 0.318. The molecule has 2 aromatic heterocycles. The van der Waals surface area contributed by atoms with Crippen LogP contribution in [0.15, 0.2) is 75.9 Å². The number of aromatic nitrogens is 1. The van der Waals surface area contributed by atoms with Crippen molar-refractivity contribution in [3.63, 3.8) is 0 Å². The van der Waals surface area contributed by atoms with Crippen LogP contribution in [0.25, 0.3) is 33.0 Å². The first-order valence-corrected chi connectivity index (χ1v) is 11.3. The SMILES string of the molecule is Cc1ccc(Nc2oc3c(c2-c2ccc(C(C)C)cc2)c(=O)n(C)c2ccccc32)c(C)c1. The van der Waals surface area contributed by atoms with Crippen molar-refractivity contribution in [2.24, 2.45) is 7.05 Å². The molecule has 0 radical (unpaired) electrons. The molecule has 4 heteroatoms. The van der Waals surface area contributed by atoms with Crippen molar-refractivity contribution in [2.45, 2.75) is 33.6 Å². The van der Waals surface area contributed by atoms with Crippen molar-refractivity contribution in [2.75, 3.05) is 5.32 Å². The maximum atomic E-state index is 13.6. The lowest BCUT2D eigenvalue weighted by Crippen LogP contribution is -2.17. The van der Waals surface area contributed by atoms with Gasteiger partial charge in [0.15, 0.2) is 5.58 Å². The van der Waals surface area contributed by atoms with E-state index in [-0.39, 0.29) is 5.56 Å². The van der Waals surface area contributed by atoms with Crippen LogP contribution in [-0.2, 0) is 7.05 Å². The zero-order chi connectivity index (χ0) is 23.3. The second kappa shape index (κ2) is 7.96. The molecule has 5 rings (SSSR count). The molecular weight excluding hydrogens is 408 g/mol. The molecule has 0 spiro atoms.